The number of hydrogen-bond donors (Lipinski definition) is 2. The fourth-order valence-corrected chi connectivity index (χ4v) is 4.40. The number of allylic oxidation sites excluding steroid dienone is 1. The number of carbonyl (C=O) groups is 3. The minimum absolute atomic E-state index is 0.0351. The Labute approximate surface area is 186 Å². The van der Waals surface area contributed by atoms with Gasteiger partial charge in [-0.15, -0.1) is 0 Å². The van der Waals surface area contributed by atoms with Crippen molar-refractivity contribution in [3.8, 4) is 11.1 Å². The number of aryl methyl sites for hydroxylation is 1. The molecule has 3 aromatic rings. The third-order valence-corrected chi connectivity index (χ3v) is 5.87. The van der Waals surface area contributed by atoms with E-state index < -0.39 is 11.9 Å². The average molecular weight is 425 g/mol. The van der Waals surface area contributed by atoms with Gasteiger partial charge in [0.05, 0.1) is 11.1 Å². The van der Waals surface area contributed by atoms with Gasteiger partial charge in [-0.3, -0.25) is 14.9 Å². The number of fused-ring (bicyclic) bond motifs is 5. The van der Waals surface area contributed by atoms with Crippen molar-refractivity contribution >= 4 is 24.4 Å². The summed E-state index contributed by atoms with van der Waals surface area (Å²) in [6.45, 7) is 0. The lowest BCUT2D eigenvalue weighted by Gasteiger charge is -2.25. The highest BCUT2D eigenvalue weighted by Crippen LogP contribution is 2.38. The smallest absolute Gasteiger partial charge is 0.336 e. The molecule has 0 heterocycles. The molecule has 5 heteroatoms. The van der Waals surface area contributed by atoms with Crippen LogP contribution in [0.3, 0.4) is 0 Å². The van der Waals surface area contributed by atoms with E-state index in [0.717, 1.165) is 0 Å². The van der Waals surface area contributed by atoms with Gasteiger partial charge in [-0.1, -0.05) is 60.7 Å². The van der Waals surface area contributed by atoms with Crippen molar-refractivity contribution in [3.63, 3.8) is 0 Å². The first-order valence-corrected chi connectivity index (χ1v) is 10.6. The van der Waals surface area contributed by atoms with E-state index in [2.05, 4.69) is 48.6 Å². The molecule has 0 atom stereocenters. The van der Waals surface area contributed by atoms with E-state index in [-0.39, 0.29) is 17.5 Å². The molecule has 0 bridgehead atoms. The number of benzene rings is 3. The van der Waals surface area contributed by atoms with Gasteiger partial charge in [-0.25, -0.2) is 4.79 Å². The lowest BCUT2D eigenvalue weighted by molar-refractivity contribution is -0.108. The number of rotatable bonds is 3. The van der Waals surface area contributed by atoms with E-state index >= 15 is 0 Å². The van der Waals surface area contributed by atoms with E-state index in [1.54, 1.807) is 11.1 Å². The summed E-state index contributed by atoms with van der Waals surface area (Å²) in [6, 6.07) is 19.1. The summed E-state index contributed by atoms with van der Waals surface area (Å²) in [5, 5.41) is 10.6. The molecule has 5 rings (SSSR count). The van der Waals surface area contributed by atoms with Gasteiger partial charge in [-0.2, -0.15) is 0 Å². The van der Waals surface area contributed by atoms with Gasteiger partial charge in [-0.05, 0) is 71.2 Å². The first-order valence-electron chi connectivity index (χ1n) is 10.6. The third-order valence-electron chi connectivity index (χ3n) is 5.87. The first-order chi connectivity index (χ1) is 15.6. The molecule has 2 aliphatic carbocycles. The molecule has 0 fully saturated rings. The molecule has 2 amide bonds. The Hall–Kier alpha value is -3.99. The number of amides is 2. The Morgan fingerprint density at radius 3 is 2.34 bits per heavy atom. The van der Waals surface area contributed by atoms with Crippen LogP contribution in [0.2, 0.25) is 0 Å². The maximum atomic E-state index is 11.2. The van der Waals surface area contributed by atoms with Crippen LogP contribution in [-0.4, -0.2) is 23.4 Å². The quantitative estimate of drug-likeness (QED) is 0.597. The molecule has 2 aliphatic rings. The molecular formula is C27H23NO4. The monoisotopic (exact) mass is 425 g/mol. The highest BCUT2D eigenvalue weighted by atomic mass is 16.4. The molecule has 0 spiro atoms. The number of aromatic carboxylic acids is 1. The van der Waals surface area contributed by atoms with Crippen molar-refractivity contribution in [1.82, 2.24) is 5.32 Å². The van der Waals surface area contributed by atoms with Crippen molar-refractivity contribution in [2.45, 2.75) is 25.7 Å². The lowest BCUT2D eigenvalue weighted by Crippen LogP contribution is -2.23. The summed E-state index contributed by atoms with van der Waals surface area (Å²) in [4.78, 5) is 31.8. The van der Waals surface area contributed by atoms with Crippen molar-refractivity contribution in [1.29, 1.82) is 0 Å². The van der Waals surface area contributed by atoms with E-state index in [1.165, 1.54) is 72.2 Å². The zero-order valence-corrected chi connectivity index (χ0v) is 17.5. The standard InChI is InChI=1S/C18H16.C9H7NO4/c1-3-7-15-13(5-1)9-11-18-16-8-4-2-6-14(16)10-12-17(15)18;11-5-10-8(12)6-3-1-2-4-7(6)9(13)14/h1-3,5-7,10,12H,4,8-9,11H2;1-5H,(H,13,14)(H,10,11,12). The fourth-order valence-electron chi connectivity index (χ4n) is 4.40. The minimum atomic E-state index is -1.21. The SMILES string of the molecule is C1=Cc2ccc3c(c2CC1)CCc1ccccc1-3.O=CNC(=O)c1ccccc1C(=O)O. The van der Waals surface area contributed by atoms with E-state index in [9.17, 15) is 14.4 Å². The molecule has 0 aliphatic heterocycles. The molecule has 3 aromatic carbocycles. The molecule has 0 aromatic heterocycles. The summed E-state index contributed by atoms with van der Waals surface area (Å²) in [5.74, 6) is -1.93. The molecule has 32 heavy (non-hydrogen) atoms. The zero-order chi connectivity index (χ0) is 22.5. The molecule has 0 saturated heterocycles. The Balaban J connectivity index is 0.000000159. The number of carbonyl (C=O) groups excluding carboxylic acids is 2. The lowest BCUT2D eigenvalue weighted by atomic mass is 9.80. The summed E-state index contributed by atoms with van der Waals surface area (Å²) in [7, 11) is 0. The molecular weight excluding hydrogens is 402 g/mol. The van der Waals surface area contributed by atoms with Gasteiger partial charge in [0, 0.05) is 0 Å². The van der Waals surface area contributed by atoms with Crippen molar-refractivity contribution < 1.29 is 19.5 Å². The number of carboxylic acids is 1. The van der Waals surface area contributed by atoms with Gasteiger partial charge in [0.15, 0.2) is 0 Å². The Kier molecular flexibility index (Phi) is 6.26. The highest BCUT2D eigenvalue weighted by molar-refractivity contribution is 6.07. The Bertz CT molecular complexity index is 1230. The van der Waals surface area contributed by atoms with Crippen LogP contribution < -0.4 is 5.32 Å². The van der Waals surface area contributed by atoms with E-state index in [0.29, 0.717) is 0 Å². The normalized spacial score (nSPS) is 12.9. The molecule has 0 saturated carbocycles. The molecule has 5 nitrogen and oxygen atoms in total. The number of hydrogen-bond acceptors (Lipinski definition) is 3. The second-order valence-electron chi connectivity index (χ2n) is 7.70. The summed E-state index contributed by atoms with van der Waals surface area (Å²) < 4.78 is 0. The van der Waals surface area contributed by atoms with Gasteiger partial charge < -0.3 is 5.11 Å². The second-order valence-corrected chi connectivity index (χ2v) is 7.70. The van der Waals surface area contributed by atoms with Crippen LogP contribution in [0.25, 0.3) is 17.2 Å². The average Bonchev–Trinajstić information content (AvgIpc) is 2.84. The third kappa shape index (κ3) is 4.23. The fraction of sp³-hybridized carbons (Fsp3) is 0.148. The molecule has 0 radical (unpaired) electrons. The van der Waals surface area contributed by atoms with E-state index in [1.807, 2.05) is 5.32 Å². The Morgan fingerprint density at radius 1 is 0.812 bits per heavy atom. The molecule has 2 N–H and O–H groups in total. The number of imide groups is 1. The van der Waals surface area contributed by atoms with Gasteiger partial charge in [0.2, 0.25) is 6.41 Å². The summed E-state index contributed by atoms with van der Waals surface area (Å²) in [5.41, 5.74) is 8.93. The molecule has 0 unspecified atom stereocenters. The molecule has 160 valence electrons. The maximum absolute atomic E-state index is 11.2. The topological polar surface area (TPSA) is 83.5 Å². The van der Waals surface area contributed by atoms with Crippen LogP contribution in [0.4, 0.5) is 0 Å². The predicted octanol–water partition coefficient (Wildman–Crippen LogP) is 4.68. The summed E-state index contributed by atoms with van der Waals surface area (Å²) >= 11 is 0. The van der Waals surface area contributed by atoms with Crippen LogP contribution in [0, 0.1) is 0 Å². The summed E-state index contributed by atoms with van der Waals surface area (Å²) in [6.07, 6.45) is 9.63. The maximum Gasteiger partial charge on any atom is 0.336 e. The van der Waals surface area contributed by atoms with Crippen molar-refractivity contribution in [2.75, 3.05) is 0 Å². The van der Waals surface area contributed by atoms with Gasteiger partial charge in [0.25, 0.3) is 5.91 Å². The largest absolute Gasteiger partial charge is 0.478 e. The number of nitrogens with one attached hydrogen (secondary N) is 1. The van der Waals surface area contributed by atoms with Crippen LogP contribution >= 0.6 is 0 Å². The predicted molar refractivity (Wildman–Crippen MR) is 124 cm³/mol. The second kappa shape index (κ2) is 9.43. The van der Waals surface area contributed by atoms with E-state index in [4.69, 9.17) is 5.11 Å². The van der Waals surface area contributed by atoms with Crippen LogP contribution in [0.5, 0.6) is 0 Å². The zero-order valence-electron chi connectivity index (χ0n) is 17.5. The Morgan fingerprint density at radius 2 is 1.56 bits per heavy atom. The van der Waals surface area contributed by atoms with Crippen LogP contribution in [0.1, 0.15) is 49.4 Å². The van der Waals surface area contributed by atoms with Crippen molar-refractivity contribution in [3.05, 3.63) is 100 Å². The van der Waals surface area contributed by atoms with Gasteiger partial charge >= 0.3 is 5.97 Å². The van der Waals surface area contributed by atoms with Gasteiger partial charge in [0.1, 0.15) is 0 Å². The first kappa shape index (κ1) is 21.2. The van der Waals surface area contributed by atoms with Crippen LogP contribution in [-0.2, 0) is 24.1 Å². The minimum Gasteiger partial charge on any atom is -0.478 e. The van der Waals surface area contributed by atoms with Crippen molar-refractivity contribution in [2.24, 2.45) is 0 Å². The number of carboxylic acid groups (broad SMARTS) is 1. The van der Waals surface area contributed by atoms with Crippen LogP contribution in [0.15, 0.2) is 66.7 Å². The highest BCUT2D eigenvalue weighted by Gasteiger charge is 2.20.